The number of amides is 1. The lowest BCUT2D eigenvalue weighted by Crippen LogP contribution is -2.48. The second-order valence-corrected chi connectivity index (χ2v) is 6.30. The number of halogens is 2. The van der Waals surface area contributed by atoms with Gasteiger partial charge in [-0.05, 0) is 58.7 Å². The van der Waals surface area contributed by atoms with Crippen molar-refractivity contribution in [3.63, 3.8) is 0 Å². The van der Waals surface area contributed by atoms with E-state index >= 15 is 0 Å². The average molecular weight is 340 g/mol. The highest BCUT2D eigenvalue weighted by Gasteiger charge is 2.35. The molecule has 2 aliphatic rings. The molecule has 0 aromatic carbocycles. The molecule has 0 aliphatic carbocycles. The Kier molecular flexibility index (Phi) is 9.87. The van der Waals surface area contributed by atoms with Crippen LogP contribution in [0.15, 0.2) is 0 Å². The van der Waals surface area contributed by atoms with Crippen LogP contribution in [0.4, 0.5) is 0 Å². The van der Waals surface area contributed by atoms with Gasteiger partial charge >= 0.3 is 0 Å². The van der Waals surface area contributed by atoms with E-state index in [1.807, 2.05) is 0 Å². The fourth-order valence-electron chi connectivity index (χ4n) is 3.50. The summed E-state index contributed by atoms with van der Waals surface area (Å²) in [5.74, 6) is 0.806. The molecule has 0 bridgehead atoms. The average Bonchev–Trinajstić information content (AvgIpc) is 2.64. The van der Waals surface area contributed by atoms with Gasteiger partial charge in [-0.15, -0.1) is 24.8 Å². The Morgan fingerprint density at radius 1 is 1.19 bits per heavy atom. The Hall–Kier alpha value is -0.0300. The summed E-state index contributed by atoms with van der Waals surface area (Å²) in [5.41, 5.74) is 5.75. The van der Waals surface area contributed by atoms with Crippen LogP contribution in [0.5, 0.6) is 0 Å². The minimum atomic E-state index is 0. The van der Waals surface area contributed by atoms with E-state index in [9.17, 15) is 4.79 Å². The summed E-state index contributed by atoms with van der Waals surface area (Å²) in [6.07, 6.45) is 6.16. The van der Waals surface area contributed by atoms with E-state index in [2.05, 4.69) is 23.6 Å². The van der Waals surface area contributed by atoms with Crippen LogP contribution in [-0.2, 0) is 4.79 Å². The maximum atomic E-state index is 12.7. The molecule has 0 radical (unpaired) electrons. The van der Waals surface area contributed by atoms with E-state index in [1.165, 1.54) is 25.7 Å². The van der Waals surface area contributed by atoms with E-state index in [0.29, 0.717) is 24.4 Å². The van der Waals surface area contributed by atoms with Gasteiger partial charge in [-0.25, -0.2) is 0 Å². The maximum absolute atomic E-state index is 12.7. The normalized spacial score (nSPS) is 28.2. The molecule has 3 unspecified atom stereocenters. The SMILES string of the molecule is CC(C(=O)N1CC(CN)CC1C)N1CCCCCC1.Cl.Cl. The van der Waals surface area contributed by atoms with Gasteiger partial charge in [0.05, 0.1) is 6.04 Å². The Morgan fingerprint density at radius 2 is 1.76 bits per heavy atom. The Morgan fingerprint density at radius 3 is 2.24 bits per heavy atom. The lowest BCUT2D eigenvalue weighted by atomic mass is 10.1. The number of nitrogens with two attached hydrogens (primary N) is 1. The van der Waals surface area contributed by atoms with Crippen LogP contribution in [-0.4, -0.2) is 54.0 Å². The van der Waals surface area contributed by atoms with Crippen LogP contribution >= 0.6 is 24.8 Å². The largest absolute Gasteiger partial charge is 0.338 e. The molecule has 3 atom stereocenters. The number of carbonyl (C=O) groups is 1. The summed E-state index contributed by atoms with van der Waals surface area (Å²) < 4.78 is 0. The monoisotopic (exact) mass is 339 g/mol. The van der Waals surface area contributed by atoms with Crippen molar-refractivity contribution in [2.75, 3.05) is 26.2 Å². The van der Waals surface area contributed by atoms with Crippen LogP contribution in [0.25, 0.3) is 0 Å². The van der Waals surface area contributed by atoms with Crippen LogP contribution in [0.1, 0.15) is 46.0 Å². The van der Waals surface area contributed by atoms with Crippen LogP contribution in [0.2, 0.25) is 0 Å². The van der Waals surface area contributed by atoms with Gasteiger partial charge in [0.2, 0.25) is 5.91 Å². The van der Waals surface area contributed by atoms with E-state index in [-0.39, 0.29) is 30.9 Å². The van der Waals surface area contributed by atoms with Crippen LogP contribution < -0.4 is 5.73 Å². The molecule has 0 saturated carbocycles. The topological polar surface area (TPSA) is 49.6 Å². The molecule has 2 saturated heterocycles. The van der Waals surface area contributed by atoms with E-state index < -0.39 is 0 Å². The number of hydrogen-bond acceptors (Lipinski definition) is 3. The molecule has 2 aliphatic heterocycles. The third-order valence-corrected chi connectivity index (χ3v) is 4.82. The van der Waals surface area contributed by atoms with Gasteiger partial charge in [0.15, 0.2) is 0 Å². The zero-order valence-electron chi connectivity index (χ0n) is 13.3. The number of likely N-dealkylation sites (tertiary alicyclic amines) is 2. The van der Waals surface area contributed by atoms with E-state index in [1.54, 1.807) is 0 Å². The van der Waals surface area contributed by atoms with Crippen molar-refractivity contribution in [3.05, 3.63) is 0 Å². The fraction of sp³-hybridized carbons (Fsp3) is 0.933. The van der Waals surface area contributed by atoms with Gasteiger partial charge in [0, 0.05) is 12.6 Å². The Labute approximate surface area is 141 Å². The predicted octanol–water partition coefficient (Wildman–Crippen LogP) is 2.29. The smallest absolute Gasteiger partial charge is 0.239 e. The van der Waals surface area contributed by atoms with Crippen LogP contribution in [0, 0.1) is 5.92 Å². The zero-order chi connectivity index (χ0) is 13.8. The minimum absolute atomic E-state index is 0. The predicted molar refractivity (Wildman–Crippen MR) is 92.3 cm³/mol. The summed E-state index contributed by atoms with van der Waals surface area (Å²) in [5, 5.41) is 0. The molecule has 2 fully saturated rings. The number of nitrogens with zero attached hydrogens (tertiary/aromatic N) is 2. The second-order valence-electron chi connectivity index (χ2n) is 6.30. The quantitative estimate of drug-likeness (QED) is 0.858. The maximum Gasteiger partial charge on any atom is 0.239 e. The van der Waals surface area contributed by atoms with Gasteiger partial charge in [0.1, 0.15) is 0 Å². The van der Waals surface area contributed by atoms with Crippen LogP contribution in [0.3, 0.4) is 0 Å². The van der Waals surface area contributed by atoms with Crippen molar-refractivity contribution in [3.8, 4) is 0 Å². The van der Waals surface area contributed by atoms with Gasteiger partial charge < -0.3 is 10.6 Å². The van der Waals surface area contributed by atoms with Gasteiger partial charge in [-0.2, -0.15) is 0 Å². The highest BCUT2D eigenvalue weighted by atomic mass is 35.5. The number of hydrogen-bond donors (Lipinski definition) is 1. The minimum Gasteiger partial charge on any atom is -0.338 e. The van der Waals surface area contributed by atoms with Crippen molar-refractivity contribution in [2.45, 2.75) is 58.0 Å². The first-order chi connectivity index (χ1) is 9.13. The third-order valence-electron chi connectivity index (χ3n) is 4.82. The highest BCUT2D eigenvalue weighted by Crippen LogP contribution is 2.24. The third kappa shape index (κ3) is 5.27. The van der Waals surface area contributed by atoms with Crippen molar-refractivity contribution < 1.29 is 4.79 Å². The molecule has 2 N–H and O–H groups in total. The molecule has 4 nitrogen and oxygen atoms in total. The molecule has 1 amide bonds. The summed E-state index contributed by atoms with van der Waals surface area (Å²) in [6.45, 7) is 7.95. The first-order valence-corrected chi connectivity index (χ1v) is 7.88. The van der Waals surface area contributed by atoms with Crippen molar-refractivity contribution in [1.82, 2.24) is 9.80 Å². The van der Waals surface area contributed by atoms with Crippen molar-refractivity contribution in [1.29, 1.82) is 0 Å². The van der Waals surface area contributed by atoms with Gasteiger partial charge in [-0.3, -0.25) is 9.69 Å². The molecule has 0 aromatic rings. The van der Waals surface area contributed by atoms with Gasteiger partial charge in [0.25, 0.3) is 0 Å². The molecule has 6 heteroatoms. The van der Waals surface area contributed by atoms with E-state index in [4.69, 9.17) is 5.73 Å². The van der Waals surface area contributed by atoms with E-state index in [0.717, 1.165) is 26.1 Å². The fourth-order valence-corrected chi connectivity index (χ4v) is 3.50. The standard InChI is InChI=1S/C15H29N3O.2ClH/c1-12-9-14(10-16)11-18(12)15(19)13(2)17-7-5-3-4-6-8-17;;/h12-14H,3-11,16H2,1-2H3;2*1H. The molecule has 2 rings (SSSR count). The zero-order valence-corrected chi connectivity index (χ0v) is 14.9. The first kappa shape index (κ1) is 21.0. The molecular formula is C15H31Cl2N3O. The lowest BCUT2D eigenvalue weighted by molar-refractivity contribution is -0.137. The summed E-state index contributed by atoms with van der Waals surface area (Å²) in [6, 6.07) is 0.396. The Bertz CT molecular complexity index is 309. The molecular weight excluding hydrogens is 309 g/mol. The molecule has 126 valence electrons. The summed E-state index contributed by atoms with van der Waals surface area (Å²) in [4.78, 5) is 17.1. The summed E-state index contributed by atoms with van der Waals surface area (Å²) >= 11 is 0. The molecule has 21 heavy (non-hydrogen) atoms. The summed E-state index contributed by atoms with van der Waals surface area (Å²) in [7, 11) is 0. The number of carbonyl (C=O) groups excluding carboxylic acids is 1. The number of rotatable bonds is 3. The first-order valence-electron chi connectivity index (χ1n) is 7.88. The van der Waals surface area contributed by atoms with Crippen molar-refractivity contribution in [2.24, 2.45) is 11.7 Å². The highest BCUT2D eigenvalue weighted by molar-refractivity contribution is 5.85. The molecule has 2 heterocycles. The Balaban J connectivity index is 0.00000200. The lowest BCUT2D eigenvalue weighted by Gasteiger charge is -2.32. The second kappa shape index (κ2) is 9.88. The molecule has 0 aromatic heterocycles. The van der Waals surface area contributed by atoms with Gasteiger partial charge in [-0.1, -0.05) is 12.8 Å². The van der Waals surface area contributed by atoms with Crippen molar-refractivity contribution >= 4 is 30.7 Å². The molecule has 0 spiro atoms.